The molecule has 1 aromatic rings. The molecule has 1 heterocycles. The van der Waals surface area contributed by atoms with Crippen LogP contribution in [0, 0.1) is 0 Å². The monoisotopic (exact) mass is 219 g/mol. The van der Waals surface area contributed by atoms with Crippen molar-refractivity contribution in [1.82, 2.24) is 0 Å². The van der Waals surface area contributed by atoms with Crippen LogP contribution in [0.25, 0.3) is 0 Å². The van der Waals surface area contributed by atoms with Gasteiger partial charge in [-0.1, -0.05) is 0 Å². The van der Waals surface area contributed by atoms with E-state index in [1.807, 2.05) is 24.3 Å². The van der Waals surface area contributed by atoms with Crippen LogP contribution in [-0.2, 0) is 4.74 Å². The summed E-state index contributed by atoms with van der Waals surface area (Å²) in [6.45, 7) is 6.28. The molecule has 0 spiro atoms. The van der Waals surface area contributed by atoms with E-state index in [9.17, 15) is 4.79 Å². The molecule has 0 bridgehead atoms. The molecule has 3 heteroatoms. The average Bonchev–Trinajstić information content (AvgIpc) is 2.29. The molecule has 1 atom stereocenters. The van der Waals surface area contributed by atoms with Crippen LogP contribution < -0.4 is 4.90 Å². The maximum atomic E-state index is 11.2. The highest BCUT2D eigenvalue weighted by molar-refractivity contribution is 5.94. The van der Waals surface area contributed by atoms with Crippen molar-refractivity contribution in [3.63, 3.8) is 0 Å². The third-order valence-electron chi connectivity index (χ3n) is 2.88. The molecule has 1 aliphatic heterocycles. The first-order valence-corrected chi connectivity index (χ1v) is 5.64. The van der Waals surface area contributed by atoms with Gasteiger partial charge in [-0.2, -0.15) is 0 Å². The summed E-state index contributed by atoms with van der Waals surface area (Å²) in [6, 6.07) is 7.79. The van der Waals surface area contributed by atoms with Gasteiger partial charge < -0.3 is 9.64 Å². The topological polar surface area (TPSA) is 29.5 Å². The minimum atomic E-state index is 0.113. The maximum Gasteiger partial charge on any atom is 0.159 e. The first-order valence-electron chi connectivity index (χ1n) is 5.64. The first kappa shape index (κ1) is 11.1. The Morgan fingerprint density at radius 3 is 2.62 bits per heavy atom. The highest BCUT2D eigenvalue weighted by Gasteiger charge is 2.16. The van der Waals surface area contributed by atoms with Crippen molar-refractivity contribution in [2.45, 2.75) is 20.0 Å². The van der Waals surface area contributed by atoms with Gasteiger partial charge in [-0.15, -0.1) is 0 Å². The van der Waals surface area contributed by atoms with Crippen molar-refractivity contribution in [1.29, 1.82) is 0 Å². The molecule has 0 N–H and O–H groups in total. The second kappa shape index (κ2) is 4.66. The van der Waals surface area contributed by atoms with Gasteiger partial charge in [0.2, 0.25) is 0 Å². The molecule has 0 saturated carbocycles. The third-order valence-corrected chi connectivity index (χ3v) is 2.88. The molecule has 16 heavy (non-hydrogen) atoms. The quantitative estimate of drug-likeness (QED) is 0.713. The number of morpholine rings is 1. The third kappa shape index (κ3) is 2.42. The van der Waals surface area contributed by atoms with Crippen LogP contribution in [0.1, 0.15) is 24.2 Å². The molecule has 86 valence electrons. The zero-order chi connectivity index (χ0) is 11.5. The molecule has 2 rings (SSSR count). The largest absolute Gasteiger partial charge is 0.375 e. The van der Waals surface area contributed by atoms with Gasteiger partial charge in [0.15, 0.2) is 5.78 Å². The van der Waals surface area contributed by atoms with Crippen molar-refractivity contribution >= 4 is 11.5 Å². The lowest BCUT2D eigenvalue weighted by atomic mass is 10.1. The number of ether oxygens (including phenoxy) is 1. The summed E-state index contributed by atoms with van der Waals surface area (Å²) in [6.07, 6.45) is 0.279. The van der Waals surface area contributed by atoms with E-state index in [0.29, 0.717) is 0 Å². The summed E-state index contributed by atoms with van der Waals surface area (Å²) >= 11 is 0. The van der Waals surface area contributed by atoms with E-state index in [1.54, 1.807) is 6.92 Å². The predicted molar refractivity (Wildman–Crippen MR) is 64.1 cm³/mol. The maximum absolute atomic E-state index is 11.2. The summed E-state index contributed by atoms with van der Waals surface area (Å²) in [5, 5.41) is 0. The lowest BCUT2D eigenvalue weighted by molar-refractivity contribution is 0.0532. The van der Waals surface area contributed by atoms with Crippen molar-refractivity contribution in [3.8, 4) is 0 Å². The fourth-order valence-electron chi connectivity index (χ4n) is 1.96. The van der Waals surface area contributed by atoms with Crippen molar-refractivity contribution < 1.29 is 9.53 Å². The van der Waals surface area contributed by atoms with E-state index in [0.717, 1.165) is 25.3 Å². The number of benzene rings is 1. The van der Waals surface area contributed by atoms with E-state index in [2.05, 4.69) is 11.8 Å². The predicted octanol–water partition coefficient (Wildman–Crippen LogP) is 2.11. The number of carbonyl (C=O) groups excluding carboxylic acids is 1. The molecule has 0 aromatic heterocycles. The Morgan fingerprint density at radius 2 is 2.06 bits per heavy atom. The zero-order valence-corrected chi connectivity index (χ0v) is 9.77. The number of anilines is 1. The van der Waals surface area contributed by atoms with E-state index in [1.165, 1.54) is 5.69 Å². The number of nitrogens with zero attached hydrogens (tertiary/aromatic N) is 1. The van der Waals surface area contributed by atoms with Gasteiger partial charge >= 0.3 is 0 Å². The van der Waals surface area contributed by atoms with Crippen LogP contribution in [0.15, 0.2) is 24.3 Å². The van der Waals surface area contributed by atoms with Gasteiger partial charge in [-0.05, 0) is 38.1 Å². The van der Waals surface area contributed by atoms with Crippen LogP contribution in [0.5, 0.6) is 0 Å². The highest BCUT2D eigenvalue weighted by atomic mass is 16.5. The van der Waals surface area contributed by atoms with Gasteiger partial charge in [0, 0.05) is 24.3 Å². The average molecular weight is 219 g/mol. The Morgan fingerprint density at radius 1 is 1.38 bits per heavy atom. The summed E-state index contributed by atoms with van der Waals surface area (Å²) in [4.78, 5) is 13.4. The molecule has 1 fully saturated rings. The number of Topliss-reactive ketones (excluding diaryl/α,β-unsaturated/α-hetero) is 1. The van der Waals surface area contributed by atoms with Crippen LogP contribution in [-0.4, -0.2) is 31.6 Å². The standard InChI is InChI=1S/C13H17NO2/c1-10-9-14(7-8-16-10)13-5-3-12(4-6-13)11(2)15/h3-6,10H,7-9H2,1-2H3. The molecule has 3 nitrogen and oxygen atoms in total. The van der Waals surface area contributed by atoms with Crippen LogP contribution in [0.3, 0.4) is 0 Å². The van der Waals surface area contributed by atoms with Crippen LogP contribution >= 0.6 is 0 Å². The van der Waals surface area contributed by atoms with Gasteiger partial charge in [0.1, 0.15) is 0 Å². The zero-order valence-electron chi connectivity index (χ0n) is 9.77. The molecule has 1 aliphatic rings. The lowest BCUT2D eigenvalue weighted by Crippen LogP contribution is -2.41. The molecule has 1 saturated heterocycles. The molecular formula is C13H17NO2. The second-order valence-corrected chi connectivity index (χ2v) is 4.23. The van der Waals surface area contributed by atoms with Crippen LogP contribution in [0.4, 0.5) is 5.69 Å². The van der Waals surface area contributed by atoms with E-state index in [4.69, 9.17) is 4.74 Å². The minimum Gasteiger partial charge on any atom is -0.375 e. The van der Waals surface area contributed by atoms with E-state index >= 15 is 0 Å². The van der Waals surface area contributed by atoms with E-state index in [-0.39, 0.29) is 11.9 Å². The second-order valence-electron chi connectivity index (χ2n) is 4.23. The van der Waals surface area contributed by atoms with Gasteiger partial charge in [0.25, 0.3) is 0 Å². The fraction of sp³-hybridized carbons (Fsp3) is 0.462. The number of carbonyl (C=O) groups is 1. The van der Waals surface area contributed by atoms with Crippen molar-refractivity contribution in [2.75, 3.05) is 24.6 Å². The Hall–Kier alpha value is -1.35. The minimum absolute atomic E-state index is 0.113. The Labute approximate surface area is 96.0 Å². The molecule has 0 aliphatic carbocycles. The normalized spacial score (nSPS) is 20.9. The van der Waals surface area contributed by atoms with Gasteiger partial charge in [-0.3, -0.25) is 4.79 Å². The molecule has 1 aromatic carbocycles. The fourth-order valence-corrected chi connectivity index (χ4v) is 1.96. The Bertz CT molecular complexity index is 372. The van der Waals surface area contributed by atoms with Crippen LogP contribution in [0.2, 0.25) is 0 Å². The lowest BCUT2D eigenvalue weighted by Gasteiger charge is -2.32. The molecule has 0 amide bonds. The van der Waals surface area contributed by atoms with Gasteiger partial charge in [0.05, 0.1) is 12.7 Å². The number of ketones is 1. The molecule has 1 unspecified atom stereocenters. The molecular weight excluding hydrogens is 202 g/mol. The number of hydrogen-bond donors (Lipinski definition) is 0. The smallest absolute Gasteiger partial charge is 0.159 e. The SMILES string of the molecule is CC(=O)c1ccc(N2CCOC(C)C2)cc1. The Kier molecular flexibility index (Phi) is 3.25. The summed E-state index contributed by atoms with van der Waals surface area (Å²) in [7, 11) is 0. The van der Waals surface area contributed by atoms with E-state index < -0.39 is 0 Å². The summed E-state index contributed by atoms with van der Waals surface area (Å²) < 4.78 is 5.50. The molecule has 0 radical (unpaired) electrons. The van der Waals surface area contributed by atoms with Crippen molar-refractivity contribution in [3.05, 3.63) is 29.8 Å². The summed E-state index contributed by atoms with van der Waals surface area (Å²) in [5.74, 6) is 0.113. The first-order chi connectivity index (χ1) is 7.66. The van der Waals surface area contributed by atoms with Crippen molar-refractivity contribution in [2.24, 2.45) is 0 Å². The van der Waals surface area contributed by atoms with Gasteiger partial charge in [-0.25, -0.2) is 0 Å². The Balaban J connectivity index is 2.11. The summed E-state index contributed by atoms with van der Waals surface area (Å²) in [5.41, 5.74) is 1.94. The number of rotatable bonds is 2. The highest BCUT2D eigenvalue weighted by Crippen LogP contribution is 2.18. The number of hydrogen-bond acceptors (Lipinski definition) is 3.